The maximum absolute atomic E-state index is 12.8. The van der Waals surface area contributed by atoms with E-state index in [1.54, 1.807) is 41.5 Å². The van der Waals surface area contributed by atoms with Crippen LogP contribution in [0.1, 0.15) is 23.4 Å². The Morgan fingerprint density at radius 1 is 1.19 bits per heavy atom. The number of imidazole rings is 1. The maximum Gasteiger partial charge on any atom is 0.166 e. The van der Waals surface area contributed by atoms with E-state index in [-0.39, 0.29) is 0 Å². The normalized spacial score (nSPS) is 11.0. The number of nitrogens with zero attached hydrogens (tertiary/aromatic N) is 8. The molecule has 0 bridgehead atoms. The van der Waals surface area contributed by atoms with Crippen molar-refractivity contribution in [2.24, 2.45) is 0 Å². The van der Waals surface area contributed by atoms with Gasteiger partial charge in [-0.2, -0.15) is 5.26 Å². The Labute approximate surface area is 154 Å². The van der Waals surface area contributed by atoms with Gasteiger partial charge in [-0.05, 0) is 25.0 Å². The number of hydrogen-bond acceptors (Lipinski definition) is 6. The third-order valence-electron chi connectivity index (χ3n) is 4.22. The van der Waals surface area contributed by atoms with Gasteiger partial charge < -0.3 is 4.57 Å². The topological polar surface area (TPSA) is 97.6 Å². The quantitative estimate of drug-likeness (QED) is 0.522. The number of aromatic nitrogens is 7. The smallest absolute Gasteiger partial charge is 0.166 e. The van der Waals surface area contributed by atoms with Gasteiger partial charge in [0, 0.05) is 18.0 Å². The van der Waals surface area contributed by atoms with Crippen molar-refractivity contribution in [3.63, 3.8) is 0 Å². The number of halogens is 1. The summed E-state index contributed by atoms with van der Waals surface area (Å²) < 4.78 is 16.4. The fraction of sp³-hybridized carbons (Fsp3) is 0.222. The molecule has 0 amide bonds. The van der Waals surface area contributed by atoms with Crippen LogP contribution in [0.3, 0.4) is 0 Å². The van der Waals surface area contributed by atoms with Gasteiger partial charge in [0.1, 0.15) is 30.1 Å². The van der Waals surface area contributed by atoms with E-state index in [0.717, 1.165) is 11.3 Å². The van der Waals surface area contributed by atoms with Gasteiger partial charge in [0.15, 0.2) is 11.5 Å². The minimum atomic E-state index is -0.407. The fourth-order valence-electron chi connectivity index (χ4n) is 2.97. The first kappa shape index (κ1) is 16.8. The Morgan fingerprint density at radius 3 is 2.96 bits per heavy atom. The van der Waals surface area contributed by atoms with Crippen molar-refractivity contribution in [2.75, 3.05) is 6.67 Å². The van der Waals surface area contributed by atoms with E-state index in [1.807, 2.05) is 16.8 Å². The number of rotatable bonds is 6. The van der Waals surface area contributed by atoms with E-state index in [0.29, 0.717) is 42.2 Å². The lowest BCUT2D eigenvalue weighted by Crippen LogP contribution is -2.09. The van der Waals surface area contributed by atoms with Gasteiger partial charge in [-0.1, -0.05) is 6.07 Å². The zero-order valence-electron chi connectivity index (χ0n) is 14.3. The molecule has 0 atom stereocenters. The molecule has 0 fully saturated rings. The summed E-state index contributed by atoms with van der Waals surface area (Å²) in [6.07, 6.45) is 7.63. The minimum absolute atomic E-state index is 0.327. The Hall–Kier alpha value is -3.67. The average molecular weight is 362 g/mol. The van der Waals surface area contributed by atoms with Gasteiger partial charge in [0.05, 0.1) is 18.9 Å². The summed E-state index contributed by atoms with van der Waals surface area (Å²) >= 11 is 0. The maximum atomic E-state index is 12.8. The van der Waals surface area contributed by atoms with Gasteiger partial charge in [-0.3, -0.25) is 8.79 Å². The molecule has 0 aliphatic heterocycles. The highest BCUT2D eigenvalue weighted by Gasteiger charge is 2.15. The molecule has 0 saturated heterocycles. The second-order valence-corrected chi connectivity index (χ2v) is 5.92. The molecule has 9 heteroatoms. The highest BCUT2D eigenvalue weighted by atomic mass is 19.1. The van der Waals surface area contributed by atoms with Crippen molar-refractivity contribution in [1.29, 1.82) is 5.26 Å². The number of hydrogen-bond donors (Lipinski definition) is 0. The summed E-state index contributed by atoms with van der Waals surface area (Å²) in [6, 6.07) is 7.25. The second-order valence-electron chi connectivity index (χ2n) is 5.92. The molecule has 0 aromatic carbocycles. The molecule has 0 N–H and O–H groups in total. The van der Waals surface area contributed by atoms with Crippen molar-refractivity contribution >= 4 is 5.65 Å². The van der Waals surface area contributed by atoms with Crippen LogP contribution in [0, 0.1) is 11.3 Å². The van der Waals surface area contributed by atoms with E-state index < -0.39 is 6.67 Å². The Morgan fingerprint density at radius 2 is 2.11 bits per heavy atom. The third kappa shape index (κ3) is 3.25. The van der Waals surface area contributed by atoms with E-state index in [2.05, 4.69) is 25.1 Å². The van der Waals surface area contributed by atoms with E-state index in [9.17, 15) is 4.39 Å². The Balaban J connectivity index is 1.73. The largest absolute Gasteiger partial charge is 0.324 e. The number of aryl methyl sites for hydroxylation is 1. The monoisotopic (exact) mass is 362 g/mol. The van der Waals surface area contributed by atoms with Crippen molar-refractivity contribution < 1.29 is 4.39 Å². The molecule has 27 heavy (non-hydrogen) atoms. The van der Waals surface area contributed by atoms with Crippen LogP contribution in [0.25, 0.3) is 17.2 Å². The molecule has 134 valence electrons. The van der Waals surface area contributed by atoms with Gasteiger partial charge >= 0.3 is 0 Å². The summed E-state index contributed by atoms with van der Waals surface area (Å²) in [5, 5.41) is 17.1. The summed E-state index contributed by atoms with van der Waals surface area (Å²) in [7, 11) is 0. The lowest BCUT2D eigenvalue weighted by Gasteiger charge is -2.12. The number of fused-ring (bicyclic) bond motifs is 1. The van der Waals surface area contributed by atoms with Crippen LogP contribution in [0.15, 0.2) is 43.2 Å². The molecule has 0 unspecified atom stereocenters. The first-order valence-electron chi connectivity index (χ1n) is 8.41. The molecule has 4 aromatic rings. The van der Waals surface area contributed by atoms with Gasteiger partial charge in [-0.25, -0.2) is 15.0 Å². The number of nitriles is 1. The molecular weight excluding hydrogens is 347 g/mol. The van der Waals surface area contributed by atoms with Crippen LogP contribution < -0.4 is 0 Å². The van der Waals surface area contributed by atoms with E-state index >= 15 is 0 Å². The predicted octanol–water partition coefficient (Wildman–Crippen LogP) is 2.20. The summed E-state index contributed by atoms with van der Waals surface area (Å²) in [4.78, 5) is 13.2. The van der Waals surface area contributed by atoms with Crippen LogP contribution >= 0.6 is 0 Å². The number of pyridine rings is 1. The first-order valence-corrected chi connectivity index (χ1v) is 8.41. The van der Waals surface area contributed by atoms with Gasteiger partial charge in [-0.15, -0.1) is 10.2 Å². The van der Waals surface area contributed by atoms with E-state index in [4.69, 9.17) is 5.26 Å². The van der Waals surface area contributed by atoms with Crippen molar-refractivity contribution in [1.82, 2.24) is 34.1 Å². The summed E-state index contributed by atoms with van der Waals surface area (Å²) in [5.74, 6) is 0.631. The van der Waals surface area contributed by atoms with Crippen molar-refractivity contribution in [3.05, 3.63) is 60.2 Å². The van der Waals surface area contributed by atoms with Crippen LogP contribution in [0.2, 0.25) is 0 Å². The Kier molecular flexibility index (Phi) is 4.53. The zero-order chi connectivity index (χ0) is 18.6. The predicted molar refractivity (Wildman–Crippen MR) is 94.4 cm³/mol. The lowest BCUT2D eigenvalue weighted by molar-refractivity contribution is 0.472. The van der Waals surface area contributed by atoms with Crippen molar-refractivity contribution in [3.8, 4) is 17.6 Å². The summed E-state index contributed by atoms with van der Waals surface area (Å²) in [6.45, 7) is 0.0224. The van der Waals surface area contributed by atoms with Crippen LogP contribution in [0.5, 0.6) is 0 Å². The number of alkyl halides is 1. The fourth-order valence-corrected chi connectivity index (χ4v) is 2.97. The average Bonchev–Trinajstić information content (AvgIpc) is 3.36. The third-order valence-corrected chi connectivity index (χ3v) is 4.22. The molecule has 4 heterocycles. The standard InChI is InChI=1S/C18H15FN8/c19-6-2-4-14-16(22-11-27-12-23-25-17(14)27)10-26-8-7-21-18(26)15-5-1-3-13(9-20)24-15/h1,3,5,7-8,11-12H,2,4,6,10H2. The molecular formula is C18H15FN8. The van der Waals surface area contributed by atoms with Crippen molar-refractivity contribution in [2.45, 2.75) is 19.4 Å². The van der Waals surface area contributed by atoms with E-state index in [1.165, 1.54) is 0 Å². The van der Waals surface area contributed by atoms with Crippen LogP contribution in [0.4, 0.5) is 4.39 Å². The molecule has 0 saturated carbocycles. The molecule has 0 aliphatic carbocycles. The molecule has 0 aliphatic rings. The first-order chi connectivity index (χ1) is 13.3. The van der Waals surface area contributed by atoms with Gasteiger partial charge in [0.25, 0.3) is 0 Å². The van der Waals surface area contributed by atoms with Gasteiger partial charge in [0.2, 0.25) is 0 Å². The minimum Gasteiger partial charge on any atom is -0.324 e. The SMILES string of the molecule is N#Cc1cccc(-c2nccn2Cc2ncn3cnnc3c2CCCF)n1. The summed E-state index contributed by atoms with van der Waals surface area (Å²) in [5.41, 5.74) is 3.26. The second kappa shape index (κ2) is 7.29. The van der Waals surface area contributed by atoms with Crippen LogP contribution in [-0.4, -0.2) is 40.8 Å². The zero-order valence-corrected chi connectivity index (χ0v) is 14.3. The molecule has 4 aromatic heterocycles. The molecule has 4 rings (SSSR count). The Bertz CT molecular complexity index is 1120. The molecule has 0 radical (unpaired) electrons. The van der Waals surface area contributed by atoms with Crippen LogP contribution in [-0.2, 0) is 13.0 Å². The highest BCUT2D eigenvalue weighted by molar-refractivity contribution is 5.52. The molecule has 8 nitrogen and oxygen atoms in total. The lowest BCUT2D eigenvalue weighted by atomic mass is 10.1. The highest BCUT2D eigenvalue weighted by Crippen LogP contribution is 2.20. The molecule has 0 spiro atoms.